The van der Waals surface area contributed by atoms with E-state index in [0.29, 0.717) is 6.42 Å². The van der Waals surface area contributed by atoms with E-state index in [0.717, 1.165) is 40.8 Å². The van der Waals surface area contributed by atoms with E-state index >= 15 is 0 Å². The fourth-order valence-corrected chi connectivity index (χ4v) is 2.89. The van der Waals surface area contributed by atoms with Crippen molar-refractivity contribution in [1.29, 1.82) is 0 Å². The maximum Gasteiger partial charge on any atom is 0.147 e. The summed E-state index contributed by atoms with van der Waals surface area (Å²) < 4.78 is 0. The van der Waals surface area contributed by atoms with Gasteiger partial charge in [0.15, 0.2) is 0 Å². The molecule has 0 amide bonds. The van der Waals surface area contributed by atoms with Crippen molar-refractivity contribution in [3.8, 4) is 0 Å². The highest BCUT2D eigenvalue weighted by molar-refractivity contribution is 6.30. The average Bonchev–Trinajstić information content (AvgIpc) is 2.46. The Hall–Kier alpha value is -1.65. The SMILES string of the molecule is NNc1nc(Cc2cccc(Cl)c2)nc2c1CCCC2. The summed E-state index contributed by atoms with van der Waals surface area (Å²) >= 11 is 6.01. The number of aromatic nitrogens is 2. The first-order valence-corrected chi connectivity index (χ1v) is 7.24. The third-order valence-corrected chi connectivity index (χ3v) is 3.85. The third-order valence-electron chi connectivity index (χ3n) is 3.62. The zero-order chi connectivity index (χ0) is 13.9. The molecule has 1 aromatic carbocycles. The summed E-state index contributed by atoms with van der Waals surface area (Å²) in [6, 6.07) is 7.79. The Kier molecular flexibility index (Phi) is 3.85. The number of nitrogens with two attached hydrogens (primary N) is 1. The molecular formula is C15H17ClN4. The molecule has 20 heavy (non-hydrogen) atoms. The Morgan fingerprint density at radius 1 is 1.20 bits per heavy atom. The van der Waals surface area contributed by atoms with E-state index in [1.807, 2.05) is 24.3 Å². The van der Waals surface area contributed by atoms with Crippen molar-refractivity contribution in [2.75, 3.05) is 5.43 Å². The lowest BCUT2D eigenvalue weighted by atomic mass is 9.96. The molecule has 5 heteroatoms. The zero-order valence-corrected chi connectivity index (χ0v) is 12.0. The largest absolute Gasteiger partial charge is 0.308 e. The van der Waals surface area contributed by atoms with Gasteiger partial charge in [-0.05, 0) is 43.4 Å². The summed E-state index contributed by atoms with van der Waals surface area (Å²) in [5.74, 6) is 7.16. The minimum Gasteiger partial charge on any atom is -0.308 e. The summed E-state index contributed by atoms with van der Waals surface area (Å²) in [4.78, 5) is 9.24. The maximum atomic E-state index is 6.01. The second-order valence-corrected chi connectivity index (χ2v) is 5.51. The van der Waals surface area contributed by atoms with Gasteiger partial charge in [-0.25, -0.2) is 15.8 Å². The van der Waals surface area contributed by atoms with Gasteiger partial charge in [-0.3, -0.25) is 0 Å². The second-order valence-electron chi connectivity index (χ2n) is 5.07. The lowest BCUT2D eigenvalue weighted by Gasteiger charge is -2.18. The summed E-state index contributed by atoms with van der Waals surface area (Å²) in [5.41, 5.74) is 6.13. The molecule has 1 aromatic heterocycles. The Labute approximate surface area is 123 Å². The van der Waals surface area contributed by atoms with Gasteiger partial charge in [-0.15, -0.1) is 0 Å². The number of hydrogen-bond donors (Lipinski definition) is 2. The van der Waals surface area contributed by atoms with Crippen LogP contribution in [0, 0.1) is 0 Å². The molecule has 1 aliphatic rings. The van der Waals surface area contributed by atoms with Crippen LogP contribution in [0.2, 0.25) is 5.02 Å². The van der Waals surface area contributed by atoms with Crippen LogP contribution in [0.4, 0.5) is 5.82 Å². The number of anilines is 1. The van der Waals surface area contributed by atoms with Crippen molar-refractivity contribution < 1.29 is 0 Å². The third kappa shape index (κ3) is 2.76. The topological polar surface area (TPSA) is 63.8 Å². The van der Waals surface area contributed by atoms with E-state index < -0.39 is 0 Å². The standard InChI is InChI=1S/C15H17ClN4/c16-11-5-3-4-10(8-11)9-14-18-13-7-2-1-6-12(13)15(19-14)20-17/h3-5,8H,1-2,6-7,9,17H2,(H,18,19,20). The highest BCUT2D eigenvalue weighted by Gasteiger charge is 2.17. The van der Waals surface area contributed by atoms with E-state index in [9.17, 15) is 0 Å². The summed E-state index contributed by atoms with van der Waals surface area (Å²) in [6.45, 7) is 0. The lowest BCUT2D eigenvalue weighted by molar-refractivity contribution is 0.657. The number of nitrogens with one attached hydrogen (secondary N) is 1. The van der Waals surface area contributed by atoms with Crippen LogP contribution in [0.5, 0.6) is 0 Å². The molecule has 1 aliphatic carbocycles. The van der Waals surface area contributed by atoms with Gasteiger partial charge >= 0.3 is 0 Å². The van der Waals surface area contributed by atoms with Gasteiger partial charge in [0.1, 0.15) is 11.6 Å². The quantitative estimate of drug-likeness (QED) is 0.673. The fraction of sp³-hybridized carbons (Fsp3) is 0.333. The Morgan fingerprint density at radius 2 is 2.05 bits per heavy atom. The van der Waals surface area contributed by atoms with E-state index in [2.05, 4.69) is 10.4 Å². The number of nitrogens with zero attached hydrogens (tertiary/aromatic N) is 2. The van der Waals surface area contributed by atoms with Crippen molar-refractivity contribution in [3.05, 3.63) is 51.9 Å². The maximum absolute atomic E-state index is 6.01. The molecule has 4 nitrogen and oxygen atoms in total. The smallest absolute Gasteiger partial charge is 0.147 e. The predicted molar refractivity (Wildman–Crippen MR) is 80.7 cm³/mol. The van der Waals surface area contributed by atoms with Crippen LogP contribution in [0.15, 0.2) is 24.3 Å². The zero-order valence-electron chi connectivity index (χ0n) is 11.2. The van der Waals surface area contributed by atoms with Crippen molar-refractivity contribution in [1.82, 2.24) is 9.97 Å². The fourth-order valence-electron chi connectivity index (χ4n) is 2.67. The van der Waals surface area contributed by atoms with Gasteiger partial charge < -0.3 is 5.43 Å². The van der Waals surface area contributed by atoms with Crippen LogP contribution < -0.4 is 11.3 Å². The highest BCUT2D eigenvalue weighted by Crippen LogP contribution is 2.25. The molecule has 3 N–H and O–H groups in total. The molecule has 0 bridgehead atoms. The number of benzene rings is 1. The molecule has 0 atom stereocenters. The van der Waals surface area contributed by atoms with E-state index in [1.165, 1.54) is 18.4 Å². The first-order chi connectivity index (χ1) is 9.76. The normalized spacial score (nSPS) is 13.9. The molecule has 0 spiro atoms. The van der Waals surface area contributed by atoms with Crippen molar-refractivity contribution in [2.24, 2.45) is 5.84 Å². The molecular weight excluding hydrogens is 272 g/mol. The molecule has 0 aliphatic heterocycles. The number of rotatable bonds is 3. The van der Waals surface area contributed by atoms with Gasteiger partial charge in [-0.1, -0.05) is 23.7 Å². The van der Waals surface area contributed by atoms with Crippen LogP contribution in [0.25, 0.3) is 0 Å². The molecule has 3 rings (SSSR count). The van der Waals surface area contributed by atoms with Gasteiger partial charge in [0.05, 0.1) is 0 Å². The van der Waals surface area contributed by atoms with Gasteiger partial charge in [0.25, 0.3) is 0 Å². The minimum atomic E-state index is 0.669. The first-order valence-electron chi connectivity index (χ1n) is 6.86. The molecule has 0 fully saturated rings. The van der Waals surface area contributed by atoms with E-state index in [-0.39, 0.29) is 0 Å². The van der Waals surface area contributed by atoms with Crippen molar-refractivity contribution in [2.45, 2.75) is 32.1 Å². The Morgan fingerprint density at radius 3 is 2.85 bits per heavy atom. The lowest BCUT2D eigenvalue weighted by Crippen LogP contribution is -2.18. The van der Waals surface area contributed by atoms with Crippen molar-refractivity contribution in [3.63, 3.8) is 0 Å². The average molecular weight is 289 g/mol. The van der Waals surface area contributed by atoms with Crippen LogP contribution in [-0.4, -0.2) is 9.97 Å². The highest BCUT2D eigenvalue weighted by atomic mass is 35.5. The summed E-state index contributed by atoms with van der Waals surface area (Å²) in [7, 11) is 0. The number of hydrazine groups is 1. The summed E-state index contributed by atoms with van der Waals surface area (Å²) in [5, 5.41) is 0.734. The van der Waals surface area contributed by atoms with Gasteiger partial charge in [0, 0.05) is 22.7 Å². The van der Waals surface area contributed by atoms with Crippen LogP contribution in [-0.2, 0) is 19.3 Å². The monoisotopic (exact) mass is 288 g/mol. The predicted octanol–water partition coefficient (Wildman–Crippen LogP) is 2.89. The Bertz CT molecular complexity index is 610. The number of hydrogen-bond acceptors (Lipinski definition) is 4. The minimum absolute atomic E-state index is 0.669. The van der Waals surface area contributed by atoms with Crippen LogP contribution in [0.3, 0.4) is 0 Å². The molecule has 1 heterocycles. The Balaban J connectivity index is 1.94. The van der Waals surface area contributed by atoms with Gasteiger partial charge in [0.2, 0.25) is 0 Å². The number of aryl methyl sites for hydroxylation is 1. The molecule has 0 radical (unpaired) electrons. The molecule has 0 saturated heterocycles. The summed E-state index contributed by atoms with van der Waals surface area (Å²) in [6.07, 6.45) is 5.05. The molecule has 2 aromatic rings. The second kappa shape index (κ2) is 5.77. The van der Waals surface area contributed by atoms with E-state index in [4.69, 9.17) is 22.4 Å². The van der Waals surface area contributed by atoms with Crippen LogP contribution >= 0.6 is 11.6 Å². The molecule has 0 unspecified atom stereocenters. The number of fused-ring (bicyclic) bond motifs is 1. The first kappa shape index (κ1) is 13.3. The number of halogens is 1. The molecule has 0 saturated carbocycles. The number of nitrogen functional groups attached to an aromatic ring is 1. The van der Waals surface area contributed by atoms with Gasteiger partial charge in [-0.2, -0.15) is 0 Å². The van der Waals surface area contributed by atoms with Crippen LogP contribution in [0.1, 0.15) is 35.5 Å². The van der Waals surface area contributed by atoms with Crippen molar-refractivity contribution >= 4 is 17.4 Å². The molecule has 104 valence electrons. The van der Waals surface area contributed by atoms with E-state index in [1.54, 1.807) is 0 Å².